The van der Waals surface area contributed by atoms with Crippen molar-refractivity contribution < 1.29 is 19.5 Å². The van der Waals surface area contributed by atoms with Crippen molar-refractivity contribution in [1.29, 1.82) is 5.26 Å². The van der Waals surface area contributed by atoms with Crippen LogP contribution in [0.4, 0.5) is 0 Å². The maximum atomic E-state index is 7.44. The molecule has 0 aromatic rings. The molecule has 0 aromatic heterocycles. The molecule has 0 spiro atoms. The molecule has 0 amide bonds. The van der Waals surface area contributed by atoms with Gasteiger partial charge >= 0.3 is 0 Å². The molecule has 4 heteroatoms. The summed E-state index contributed by atoms with van der Waals surface area (Å²) in [5.41, 5.74) is 0. The summed E-state index contributed by atoms with van der Waals surface area (Å²) in [6, 6.07) is 1.75. The first-order valence-corrected chi connectivity index (χ1v) is 4.39. The first-order valence-electron chi connectivity index (χ1n) is 4.39. The van der Waals surface area contributed by atoms with Crippen LogP contribution in [0.2, 0.25) is 0 Å². The van der Waals surface area contributed by atoms with Gasteiger partial charge in [0.05, 0.1) is 6.07 Å². The standard InChI is InChI=1S/C5H10.2C2H4N.C2H3N.Rh/c1-3-5-4-2;3*1-2-3;/h1-5H2;2*2H,1H3;1H3;/q-2;2*-1;;. The minimum absolute atomic E-state index is 0. The van der Waals surface area contributed by atoms with Crippen LogP contribution in [0.25, 0.3) is 10.8 Å². The van der Waals surface area contributed by atoms with Crippen molar-refractivity contribution in [2.75, 3.05) is 0 Å². The van der Waals surface area contributed by atoms with Crippen LogP contribution in [0.3, 0.4) is 0 Å². The Morgan fingerprint density at radius 1 is 1.13 bits per heavy atom. The molecule has 0 saturated carbocycles. The summed E-state index contributed by atoms with van der Waals surface area (Å²) in [7, 11) is 0. The molecular formula is C11H21N3Rh-4. The Morgan fingerprint density at radius 3 is 1.27 bits per heavy atom. The Hall–Kier alpha value is -0.547. The Morgan fingerprint density at radius 2 is 1.27 bits per heavy atom. The molecule has 0 rings (SSSR count). The van der Waals surface area contributed by atoms with Crippen LogP contribution in [0.1, 0.15) is 40.0 Å². The molecule has 0 unspecified atom stereocenters. The summed E-state index contributed by atoms with van der Waals surface area (Å²) in [5, 5.41) is 22.2. The Kier molecular flexibility index (Phi) is 137. The number of unbranched alkanes of at least 4 members (excludes halogenated alkanes) is 2. The minimum Gasteiger partial charge on any atom is -0.814 e. The monoisotopic (exact) mass is 298 g/mol. The summed E-state index contributed by atoms with van der Waals surface area (Å²) in [5.74, 6) is 0. The van der Waals surface area contributed by atoms with Crippen molar-refractivity contribution in [3.05, 3.63) is 24.7 Å². The van der Waals surface area contributed by atoms with E-state index in [4.69, 9.17) is 16.1 Å². The van der Waals surface area contributed by atoms with Crippen molar-refractivity contribution in [3.8, 4) is 6.07 Å². The SMILES string of the molecule is CC#N.CC=[N-].CC=[N-].[CH2-]CCC[CH2-].[Rh]. The third-order valence-electron chi connectivity index (χ3n) is 0.500. The maximum Gasteiger partial charge on any atom is 0.0587 e. The van der Waals surface area contributed by atoms with Gasteiger partial charge in [0.15, 0.2) is 0 Å². The Bertz CT molecular complexity index is 111. The average Bonchev–Trinajstić information content (AvgIpc) is 2.09. The summed E-state index contributed by atoms with van der Waals surface area (Å²) in [6.45, 7) is 11.8. The predicted octanol–water partition coefficient (Wildman–Crippen LogP) is 3.65. The van der Waals surface area contributed by atoms with E-state index in [1.807, 2.05) is 0 Å². The maximum absolute atomic E-state index is 7.44. The molecule has 0 atom stereocenters. The van der Waals surface area contributed by atoms with Crippen molar-refractivity contribution in [2.45, 2.75) is 40.0 Å². The van der Waals surface area contributed by atoms with E-state index in [1.165, 1.54) is 13.3 Å². The molecule has 3 nitrogen and oxygen atoms in total. The topological polar surface area (TPSA) is 68.4 Å². The van der Waals surface area contributed by atoms with Crippen LogP contribution in [0, 0.1) is 25.2 Å². The summed E-state index contributed by atoms with van der Waals surface area (Å²) in [4.78, 5) is 0. The molecule has 0 saturated heterocycles. The molecule has 0 N–H and O–H groups in total. The molecular weight excluding hydrogens is 277 g/mol. The van der Waals surface area contributed by atoms with Gasteiger partial charge in [-0.15, -0.1) is 6.42 Å². The number of nitriles is 1. The van der Waals surface area contributed by atoms with Gasteiger partial charge < -0.3 is 24.7 Å². The fourth-order valence-electron chi connectivity index (χ4n) is 0.177. The van der Waals surface area contributed by atoms with E-state index in [0.29, 0.717) is 0 Å². The summed E-state index contributed by atoms with van der Waals surface area (Å²) in [6.07, 6.45) is 5.23. The largest absolute Gasteiger partial charge is 0.814 e. The Labute approximate surface area is 108 Å². The van der Waals surface area contributed by atoms with Gasteiger partial charge in [0, 0.05) is 26.4 Å². The fraction of sp³-hybridized carbons (Fsp3) is 0.545. The van der Waals surface area contributed by atoms with Crippen LogP contribution in [-0.4, -0.2) is 12.4 Å². The average molecular weight is 298 g/mol. The molecule has 0 aliphatic carbocycles. The molecule has 0 aromatic carbocycles. The van der Waals surface area contributed by atoms with E-state index in [0.717, 1.165) is 25.3 Å². The molecule has 0 aliphatic rings. The first kappa shape index (κ1) is 29.3. The molecule has 0 aliphatic heterocycles. The molecule has 0 fully saturated rings. The van der Waals surface area contributed by atoms with E-state index < -0.39 is 0 Å². The molecule has 1 radical (unpaired) electrons. The van der Waals surface area contributed by atoms with Crippen LogP contribution in [0.15, 0.2) is 0 Å². The van der Waals surface area contributed by atoms with Crippen LogP contribution >= 0.6 is 0 Å². The fourth-order valence-corrected chi connectivity index (χ4v) is 0.177. The van der Waals surface area contributed by atoms with Gasteiger partial charge in [0.1, 0.15) is 0 Å². The van der Waals surface area contributed by atoms with Gasteiger partial charge in [0.25, 0.3) is 0 Å². The number of hydrogen-bond acceptors (Lipinski definition) is 1. The van der Waals surface area contributed by atoms with Gasteiger partial charge in [-0.1, -0.05) is 13.8 Å². The molecule has 0 heterocycles. The third-order valence-corrected chi connectivity index (χ3v) is 0.500. The second-order valence-corrected chi connectivity index (χ2v) is 1.80. The van der Waals surface area contributed by atoms with E-state index >= 15 is 0 Å². The van der Waals surface area contributed by atoms with E-state index in [9.17, 15) is 0 Å². The second-order valence-electron chi connectivity index (χ2n) is 1.80. The van der Waals surface area contributed by atoms with Crippen molar-refractivity contribution >= 4 is 12.4 Å². The number of rotatable bonds is 2. The van der Waals surface area contributed by atoms with Gasteiger partial charge in [-0.25, -0.2) is 12.4 Å². The first-order chi connectivity index (χ1) is 6.66. The second kappa shape index (κ2) is 70.2. The molecule has 0 bridgehead atoms. The normalized spacial score (nSPS) is 5.07. The van der Waals surface area contributed by atoms with E-state index in [2.05, 4.69) is 13.8 Å². The van der Waals surface area contributed by atoms with Crippen LogP contribution < -0.4 is 0 Å². The molecule has 93 valence electrons. The van der Waals surface area contributed by atoms with Crippen LogP contribution in [0.5, 0.6) is 0 Å². The number of hydrogen-bond donors (Lipinski definition) is 0. The van der Waals surface area contributed by atoms with Crippen molar-refractivity contribution in [1.82, 2.24) is 0 Å². The summed E-state index contributed by atoms with van der Waals surface area (Å²) < 4.78 is 0. The zero-order valence-electron chi connectivity index (χ0n) is 9.87. The number of nitrogens with zero attached hydrogens (tertiary/aromatic N) is 3. The van der Waals surface area contributed by atoms with Crippen LogP contribution in [-0.2, 0) is 19.5 Å². The van der Waals surface area contributed by atoms with Gasteiger partial charge in [0.2, 0.25) is 0 Å². The zero-order chi connectivity index (χ0) is 12.2. The quantitative estimate of drug-likeness (QED) is 0.436. The van der Waals surface area contributed by atoms with E-state index in [-0.39, 0.29) is 19.5 Å². The van der Waals surface area contributed by atoms with Gasteiger partial charge in [-0.3, -0.25) is 0 Å². The van der Waals surface area contributed by atoms with Crippen molar-refractivity contribution in [2.24, 2.45) is 0 Å². The van der Waals surface area contributed by atoms with E-state index in [1.54, 1.807) is 19.9 Å². The molecule has 15 heavy (non-hydrogen) atoms. The smallest absolute Gasteiger partial charge is 0.0587 e. The Balaban J connectivity index is -0.0000000300. The third kappa shape index (κ3) is 835. The summed E-state index contributed by atoms with van der Waals surface area (Å²) >= 11 is 0. The van der Waals surface area contributed by atoms with Gasteiger partial charge in [-0.05, 0) is 0 Å². The minimum atomic E-state index is 0. The zero-order valence-corrected chi connectivity index (χ0v) is 11.5. The van der Waals surface area contributed by atoms with Gasteiger partial charge in [-0.2, -0.15) is 18.1 Å². The van der Waals surface area contributed by atoms with Crippen molar-refractivity contribution in [3.63, 3.8) is 0 Å². The predicted molar refractivity (Wildman–Crippen MR) is 66.0 cm³/mol.